The lowest BCUT2D eigenvalue weighted by atomic mass is 10.3. The molecule has 1 N–H and O–H groups in total. The fourth-order valence-electron chi connectivity index (χ4n) is 2.02. The van der Waals surface area contributed by atoms with Crippen LogP contribution in [0, 0.1) is 0 Å². The van der Waals surface area contributed by atoms with E-state index in [-0.39, 0.29) is 19.3 Å². The van der Waals surface area contributed by atoms with Crippen LogP contribution in [0.5, 0.6) is 5.75 Å². The molecular formula is C13H18Cl2N2O4S. The first-order chi connectivity index (χ1) is 10.4. The van der Waals surface area contributed by atoms with E-state index in [9.17, 15) is 8.42 Å². The highest BCUT2D eigenvalue weighted by Gasteiger charge is 2.26. The molecule has 0 bridgehead atoms. The Kier molecular flexibility index (Phi) is 6.31. The van der Waals surface area contributed by atoms with E-state index < -0.39 is 10.2 Å². The standard InChI is InChI=1S/C13H18Cl2N2O4S/c1-10-9-17(6-8-20-10)22(18,19)16-5-7-21-12-4-2-3-11(14)13(12)15/h2-4,10,16H,5-9H2,1H3/t10-/m0/s1. The molecule has 1 saturated heterocycles. The van der Waals surface area contributed by atoms with Crippen LogP contribution in [0.2, 0.25) is 10.0 Å². The molecule has 1 aromatic rings. The molecule has 1 fully saturated rings. The molecular weight excluding hydrogens is 351 g/mol. The summed E-state index contributed by atoms with van der Waals surface area (Å²) in [6.45, 7) is 3.22. The minimum Gasteiger partial charge on any atom is -0.491 e. The monoisotopic (exact) mass is 368 g/mol. The summed E-state index contributed by atoms with van der Waals surface area (Å²) in [5, 5.41) is 0.705. The molecule has 9 heteroatoms. The minimum atomic E-state index is -3.52. The number of halogens is 2. The van der Waals surface area contributed by atoms with Crippen molar-refractivity contribution in [3.8, 4) is 5.75 Å². The summed E-state index contributed by atoms with van der Waals surface area (Å²) in [5.41, 5.74) is 0. The summed E-state index contributed by atoms with van der Waals surface area (Å²) in [4.78, 5) is 0. The second kappa shape index (κ2) is 7.81. The fourth-order valence-corrected chi connectivity index (χ4v) is 3.61. The SMILES string of the molecule is C[C@H]1CN(S(=O)(=O)NCCOc2cccc(Cl)c2Cl)CCO1. The van der Waals surface area contributed by atoms with Gasteiger partial charge in [-0.15, -0.1) is 0 Å². The third-order valence-corrected chi connectivity index (χ3v) is 5.49. The van der Waals surface area contributed by atoms with Crippen molar-refractivity contribution in [1.29, 1.82) is 0 Å². The molecule has 1 heterocycles. The van der Waals surface area contributed by atoms with E-state index in [0.29, 0.717) is 35.5 Å². The van der Waals surface area contributed by atoms with Crippen LogP contribution in [-0.2, 0) is 14.9 Å². The minimum absolute atomic E-state index is 0.105. The Morgan fingerprint density at radius 1 is 1.45 bits per heavy atom. The lowest BCUT2D eigenvalue weighted by Gasteiger charge is -2.30. The molecule has 0 amide bonds. The van der Waals surface area contributed by atoms with E-state index in [1.54, 1.807) is 18.2 Å². The van der Waals surface area contributed by atoms with Gasteiger partial charge in [0.25, 0.3) is 10.2 Å². The smallest absolute Gasteiger partial charge is 0.279 e. The van der Waals surface area contributed by atoms with E-state index in [1.807, 2.05) is 6.92 Å². The summed E-state index contributed by atoms with van der Waals surface area (Å²) in [6, 6.07) is 5.04. The zero-order valence-electron chi connectivity index (χ0n) is 12.1. The molecule has 0 unspecified atom stereocenters. The highest BCUT2D eigenvalue weighted by Crippen LogP contribution is 2.31. The van der Waals surface area contributed by atoms with Gasteiger partial charge < -0.3 is 9.47 Å². The number of morpholine rings is 1. The van der Waals surface area contributed by atoms with Crippen molar-refractivity contribution in [2.24, 2.45) is 0 Å². The number of hydrogen-bond acceptors (Lipinski definition) is 4. The molecule has 0 spiro atoms. The van der Waals surface area contributed by atoms with Crippen LogP contribution >= 0.6 is 23.2 Å². The zero-order valence-corrected chi connectivity index (χ0v) is 14.4. The molecule has 22 heavy (non-hydrogen) atoms. The molecule has 1 atom stereocenters. The molecule has 1 aromatic carbocycles. The highest BCUT2D eigenvalue weighted by atomic mass is 35.5. The number of benzene rings is 1. The van der Waals surface area contributed by atoms with Crippen molar-refractivity contribution in [3.05, 3.63) is 28.2 Å². The van der Waals surface area contributed by atoms with Gasteiger partial charge in [-0.3, -0.25) is 0 Å². The fraction of sp³-hybridized carbons (Fsp3) is 0.538. The van der Waals surface area contributed by atoms with Crippen LogP contribution in [0.4, 0.5) is 0 Å². The Bertz CT molecular complexity index is 612. The number of ether oxygens (including phenoxy) is 2. The summed E-state index contributed by atoms with van der Waals surface area (Å²) >= 11 is 11.9. The summed E-state index contributed by atoms with van der Waals surface area (Å²) in [6.07, 6.45) is -0.105. The average Bonchev–Trinajstić information content (AvgIpc) is 2.48. The zero-order chi connectivity index (χ0) is 16.2. The van der Waals surface area contributed by atoms with Crippen molar-refractivity contribution < 1.29 is 17.9 Å². The maximum Gasteiger partial charge on any atom is 0.279 e. The molecule has 0 aliphatic carbocycles. The average molecular weight is 369 g/mol. The Balaban J connectivity index is 1.81. The maximum atomic E-state index is 12.1. The van der Waals surface area contributed by atoms with Gasteiger partial charge in [-0.05, 0) is 19.1 Å². The highest BCUT2D eigenvalue weighted by molar-refractivity contribution is 7.87. The third kappa shape index (κ3) is 4.71. The number of rotatable bonds is 6. The Morgan fingerprint density at radius 3 is 2.95 bits per heavy atom. The summed E-state index contributed by atoms with van der Waals surface area (Å²) < 4.78 is 38.9. The van der Waals surface area contributed by atoms with Gasteiger partial charge in [0.1, 0.15) is 17.4 Å². The lowest BCUT2D eigenvalue weighted by Crippen LogP contribution is -2.49. The number of nitrogens with one attached hydrogen (secondary N) is 1. The topological polar surface area (TPSA) is 67.9 Å². The normalized spacial score (nSPS) is 20.0. The van der Waals surface area contributed by atoms with Crippen molar-refractivity contribution in [2.45, 2.75) is 13.0 Å². The summed E-state index contributed by atoms with van der Waals surface area (Å²) in [7, 11) is -3.52. The molecule has 0 radical (unpaired) electrons. The first-order valence-corrected chi connectivity index (χ1v) is 9.03. The van der Waals surface area contributed by atoms with Crippen LogP contribution in [0.25, 0.3) is 0 Å². The van der Waals surface area contributed by atoms with Crippen molar-refractivity contribution in [1.82, 2.24) is 9.03 Å². The van der Waals surface area contributed by atoms with Crippen molar-refractivity contribution >= 4 is 33.4 Å². The van der Waals surface area contributed by atoms with Gasteiger partial charge in [-0.2, -0.15) is 17.4 Å². The van der Waals surface area contributed by atoms with Gasteiger partial charge in [0, 0.05) is 19.6 Å². The number of nitrogens with zero attached hydrogens (tertiary/aromatic N) is 1. The van der Waals surface area contributed by atoms with Gasteiger partial charge >= 0.3 is 0 Å². The van der Waals surface area contributed by atoms with Gasteiger partial charge in [0.05, 0.1) is 17.7 Å². The predicted octanol–water partition coefficient (Wildman–Crippen LogP) is 1.93. The first kappa shape index (κ1) is 17.8. The van der Waals surface area contributed by atoms with Crippen LogP contribution in [0.3, 0.4) is 0 Å². The second-order valence-corrected chi connectivity index (χ2v) is 7.38. The maximum absolute atomic E-state index is 12.1. The van der Waals surface area contributed by atoms with Crippen LogP contribution in [0.15, 0.2) is 18.2 Å². The van der Waals surface area contributed by atoms with Crippen molar-refractivity contribution in [3.63, 3.8) is 0 Å². The van der Waals surface area contributed by atoms with Crippen LogP contribution in [-0.4, -0.2) is 51.7 Å². The van der Waals surface area contributed by atoms with Gasteiger partial charge in [0.15, 0.2) is 0 Å². The molecule has 124 valence electrons. The number of hydrogen-bond donors (Lipinski definition) is 1. The van der Waals surface area contributed by atoms with Gasteiger partial charge in [0.2, 0.25) is 0 Å². The van der Waals surface area contributed by atoms with Crippen molar-refractivity contribution in [2.75, 3.05) is 32.8 Å². The Morgan fingerprint density at radius 2 is 2.23 bits per heavy atom. The van der Waals surface area contributed by atoms with Crippen LogP contribution < -0.4 is 9.46 Å². The largest absolute Gasteiger partial charge is 0.491 e. The molecule has 0 aromatic heterocycles. The van der Waals surface area contributed by atoms with Gasteiger partial charge in [-0.25, -0.2) is 0 Å². The third-order valence-electron chi connectivity index (χ3n) is 3.10. The van der Waals surface area contributed by atoms with E-state index in [0.717, 1.165) is 0 Å². The molecule has 1 aliphatic rings. The Hall–Kier alpha value is -0.570. The van der Waals surface area contributed by atoms with Crippen LogP contribution in [0.1, 0.15) is 6.92 Å². The van der Waals surface area contributed by atoms with E-state index in [2.05, 4.69) is 4.72 Å². The Labute approximate surface area is 140 Å². The van der Waals surface area contributed by atoms with E-state index >= 15 is 0 Å². The lowest BCUT2D eigenvalue weighted by molar-refractivity contribution is 0.00976. The molecule has 0 saturated carbocycles. The van der Waals surface area contributed by atoms with E-state index in [4.69, 9.17) is 32.7 Å². The van der Waals surface area contributed by atoms with E-state index in [1.165, 1.54) is 4.31 Å². The molecule has 2 rings (SSSR count). The molecule has 1 aliphatic heterocycles. The second-order valence-electron chi connectivity index (χ2n) is 4.84. The predicted molar refractivity (Wildman–Crippen MR) is 85.9 cm³/mol. The van der Waals surface area contributed by atoms with Gasteiger partial charge in [-0.1, -0.05) is 29.3 Å². The first-order valence-electron chi connectivity index (χ1n) is 6.83. The summed E-state index contributed by atoms with van der Waals surface area (Å²) in [5.74, 6) is 0.424. The quantitative estimate of drug-likeness (QED) is 0.778. The molecule has 6 nitrogen and oxygen atoms in total.